The first kappa shape index (κ1) is 19.1. The predicted molar refractivity (Wildman–Crippen MR) is 111 cm³/mol. The minimum absolute atomic E-state index is 0.0694. The molecule has 2 aromatic carbocycles. The van der Waals surface area contributed by atoms with Gasteiger partial charge in [-0.15, -0.1) is 0 Å². The summed E-state index contributed by atoms with van der Waals surface area (Å²) in [4.78, 5) is 23.8. The third-order valence-corrected chi connectivity index (χ3v) is 5.26. The molecule has 6 heteroatoms. The van der Waals surface area contributed by atoms with Crippen LogP contribution in [0, 0.1) is 12.7 Å². The molecule has 0 saturated carbocycles. The van der Waals surface area contributed by atoms with Crippen LogP contribution in [0.15, 0.2) is 60.8 Å². The average Bonchev–Trinajstić information content (AvgIpc) is 2.74. The van der Waals surface area contributed by atoms with Gasteiger partial charge >= 0.3 is 0 Å². The van der Waals surface area contributed by atoms with Crippen LogP contribution in [0.1, 0.15) is 40.4 Å². The molecule has 1 fully saturated rings. The van der Waals surface area contributed by atoms with Gasteiger partial charge in [0.2, 0.25) is 5.95 Å². The fourth-order valence-corrected chi connectivity index (χ4v) is 3.74. The summed E-state index contributed by atoms with van der Waals surface area (Å²) in [7, 11) is 0. The molecule has 3 aromatic rings. The summed E-state index contributed by atoms with van der Waals surface area (Å²) >= 11 is 0. The zero-order chi connectivity index (χ0) is 20.2. The number of likely N-dealkylation sites (tertiary alicyclic amines) is 1. The van der Waals surface area contributed by atoms with Crippen LogP contribution in [0.3, 0.4) is 0 Å². The van der Waals surface area contributed by atoms with Crippen LogP contribution in [0.2, 0.25) is 0 Å². The van der Waals surface area contributed by atoms with Crippen molar-refractivity contribution in [3.8, 4) is 0 Å². The Morgan fingerprint density at radius 3 is 2.86 bits per heavy atom. The molecule has 1 N–H and O–H groups in total. The van der Waals surface area contributed by atoms with Crippen LogP contribution in [0.5, 0.6) is 0 Å². The summed E-state index contributed by atoms with van der Waals surface area (Å²) in [5, 5.41) is 3.05. The maximum atomic E-state index is 13.4. The Morgan fingerprint density at radius 1 is 1.17 bits per heavy atom. The molecule has 148 valence electrons. The van der Waals surface area contributed by atoms with E-state index in [2.05, 4.69) is 15.3 Å². The number of benzene rings is 2. The van der Waals surface area contributed by atoms with Crippen LogP contribution >= 0.6 is 0 Å². The van der Waals surface area contributed by atoms with Crippen molar-refractivity contribution in [1.29, 1.82) is 0 Å². The highest BCUT2D eigenvalue weighted by atomic mass is 19.1. The van der Waals surface area contributed by atoms with Gasteiger partial charge in [-0.2, -0.15) is 0 Å². The van der Waals surface area contributed by atoms with E-state index in [0.29, 0.717) is 18.2 Å². The van der Waals surface area contributed by atoms with E-state index in [9.17, 15) is 9.18 Å². The van der Waals surface area contributed by atoms with Crippen LogP contribution in [-0.2, 0) is 0 Å². The van der Waals surface area contributed by atoms with Gasteiger partial charge in [-0.1, -0.05) is 24.3 Å². The second-order valence-corrected chi connectivity index (χ2v) is 7.35. The van der Waals surface area contributed by atoms with Gasteiger partial charge in [0.05, 0.1) is 5.69 Å². The lowest BCUT2D eigenvalue weighted by Gasteiger charge is -2.33. The van der Waals surface area contributed by atoms with Crippen molar-refractivity contribution < 1.29 is 9.18 Å². The third-order valence-electron chi connectivity index (χ3n) is 5.26. The highest BCUT2D eigenvalue weighted by molar-refractivity contribution is 5.95. The molecule has 0 spiro atoms. The molecule has 2 heterocycles. The second-order valence-electron chi connectivity index (χ2n) is 7.35. The molecule has 29 heavy (non-hydrogen) atoms. The number of carbonyl (C=O) groups excluding carboxylic acids is 1. The highest BCUT2D eigenvalue weighted by Gasteiger charge is 2.27. The topological polar surface area (TPSA) is 58.1 Å². The molecule has 1 aromatic heterocycles. The number of rotatable bonds is 4. The molecule has 0 bridgehead atoms. The van der Waals surface area contributed by atoms with E-state index in [0.717, 1.165) is 36.2 Å². The number of nitrogens with one attached hydrogen (secondary N) is 1. The van der Waals surface area contributed by atoms with Gasteiger partial charge in [0.15, 0.2) is 0 Å². The molecule has 4 rings (SSSR count). The third kappa shape index (κ3) is 4.42. The number of carbonyl (C=O) groups is 1. The molecule has 0 aliphatic carbocycles. The largest absolute Gasteiger partial charge is 0.338 e. The Hall–Kier alpha value is -3.28. The molecular formula is C23H23FN4O. The fourth-order valence-electron chi connectivity index (χ4n) is 3.74. The summed E-state index contributed by atoms with van der Waals surface area (Å²) in [6.45, 7) is 3.34. The number of aromatic nitrogens is 2. The number of anilines is 2. The number of hydrogen-bond donors (Lipinski definition) is 1. The van der Waals surface area contributed by atoms with Crippen LogP contribution < -0.4 is 5.32 Å². The van der Waals surface area contributed by atoms with E-state index in [1.807, 2.05) is 42.2 Å². The molecule has 1 aliphatic rings. The fraction of sp³-hybridized carbons (Fsp3) is 0.261. The summed E-state index contributed by atoms with van der Waals surface area (Å²) < 4.78 is 13.4. The Bertz CT molecular complexity index is 1020. The Labute approximate surface area is 169 Å². The van der Waals surface area contributed by atoms with Crippen LogP contribution in [-0.4, -0.2) is 33.9 Å². The van der Waals surface area contributed by atoms with E-state index in [1.165, 1.54) is 12.1 Å². The average molecular weight is 390 g/mol. The molecule has 1 aliphatic heterocycles. The minimum Gasteiger partial charge on any atom is -0.338 e. The van der Waals surface area contributed by atoms with Crippen LogP contribution in [0.4, 0.5) is 16.0 Å². The predicted octanol–water partition coefficient (Wildman–Crippen LogP) is 4.69. The lowest BCUT2D eigenvalue weighted by Crippen LogP contribution is -2.39. The molecule has 1 saturated heterocycles. The summed E-state index contributed by atoms with van der Waals surface area (Å²) in [6.07, 6.45) is 3.60. The Morgan fingerprint density at radius 2 is 2.03 bits per heavy atom. The number of amides is 1. The van der Waals surface area contributed by atoms with E-state index >= 15 is 0 Å². The van der Waals surface area contributed by atoms with Gasteiger partial charge in [0, 0.05) is 36.5 Å². The van der Waals surface area contributed by atoms with E-state index < -0.39 is 0 Å². The van der Waals surface area contributed by atoms with E-state index in [4.69, 9.17) is 0 Å². The van der Waals surface area contributed by atoms with Gasteiger partial charge in [-0.25, -0.2) is 14.4 Å². The van der Waals surface area contributed by atoms with Crippen molar-refractivity contribution in [2.75, 3.05) is 18.4 Å². The maximum Gasteiger partial charge on any atom is 0.254 e. The van der Waals surface area contributed by atoms with E-state index in [1.54, 1.807) is 18.3 Å². The van der Waals surface area contributed by atoms with Crippen molar-refractivity contribution in [2.24, 2.45) is 0 Å². The van der Waals surface area contributed by atoms with Gasteiger partial charge < -0.3 is 10.2 Å². The molecule has 1 amide bonds. The molecule has 1 atom stereocenters. The van der Waals surface area contributed by atoms with Gasteiger partial charge in [-0.05, 0) is 55.7 Å². The highest BCUT2D eigenvalue weighted by Crippen LogP contribution is 2.28. The standard InChI is InChI=1S/C23H23FN4O/c1-16-6-2-3-10-20(16)22(29)28-13-5-7-17(15-28)21-11-12-25-23(27-21)26-19-9-4-8-18(24)14-19/h2-4,6,8-12,14,17H,5,7,13,15H2,1H3,(H,25,26,27)/t17-/m0/s1. The number of piperidine rings is 1. The zero-order valence-corrected chi connectivity index (χ0v) is 16.3. The molecule has 0 unspecified atom stereocenters. The quantitative estimate of drug-likeness (QED) is 0.702. The Kier molecular flexibility index (Phi) is 5.51. The first-order valence-electron chi connectivity index (χ1n) is 9.80. The smallest absolute Gasteiger partial charge is 0.254 e. The number of halogens is 1. The van der Waals surface area contributed by atoms with Crippen molar-refractivity contribution in [1.82, 2.24) is 14.9 Å². The van der Waals surface area contributed by atoms with Crippen LogP contribution in [0.25, 0.3) is 0 Å². The SMILES string of the molecule is Cc1ccccc1C(=O)N1CCC[C@H](c2ccnc(Nc3cccc(F)c3)n2)C1. The van der Waals surface area contributed by atoms with Gasteiger partial charge in [0.25, 0.3) is 5.91 Å². The first-order valence-corrected chi connectivity index (χ1v) is 9.80. The zero-order valence-electron chi connectivity index (χ0n) is 16.3. The second kappa shape index (κ2) is 8.39. The van der Waals surface area contributed by atoms with Gasteiger partial charge in [-0.3, -0.25) is 4.79 Å². The summed E-state index contributed by atoms with van der Waals surface area (Å²) in [5.74, 6) is 0.326. The molecule has 5 nitrogen and oxygen atoms in total. The lowest BCUT2D eigenvalue weighted by molar-refractivity contribution is 0.0705. The normalized spacial score (nSPS) is 16.5. The van der Waals surface area contributed by atoms with E-state index in [-0.39, 0.29) is 17.6 Å². The monoisotopic (exact) mass is 390 g/mol. The lowest BCUT2D eigenvalue weighted by atomic mass is 9.93. The van der Waals surface area contributed by atoms with Crippen molar-refractivity contribution in [2.45, 2.75) is 25.7 Å². The van der Waals surface area contributed by atoms with Gasteiger partial charge in [0.1, 0.15) is 5.82 Å². The van der Waals surface area contributed by atoms with Crippen molar-refractivity contribution in [3.05, 3.63) is 83.4 Å². The number of nitrogens with zero attached hydrogens (tertiary/aromatic N) is 3. The van der Waals surface area contributed by atoms with Crippen molar-refractivity contribution >= 4 is 17.5 Å². The molecule has 0 radical (unpaired) electrons. The number of aryl methyl sites for hydroxylation is 1. The maximum absolute atomic E-state index is 13.4. The molecular weight excluding hydrogens is 367 g/mol. The summed E-state index contributed by atoms with van der Waals surface area (Å²) in [6, 6.07) is 15.8. The number of hydrogen-bond acceptors (Lipinski definition) is 4. The summed E-state index contributed by atoms with van der Waals surface area (Å²) in [5.41, 5.74) is 3.23. The Balaban J connectivity index is 1.50. The minimum atomic E-state index is -0.316. The first-order chi connectivity index (χ1) is 14.1. The van der Waals surface area contributed by atoms with Crippen molar-refractivity contribution in [3.63, 3.8) is 0 Å².